The van der Waals surface area contributed by atoms with Gasteiger partial charge in [0.1, 0.15) is 0 Å². The van der Waals surface area contributed by atoms with Crippen molar-refractivity contribution in [3.63, 3.8) is 0 Å². The number of hydrogen-bond acceptors (Lipinski definition) is 1. The van der Waals surface area contributed by atoms with Crippen LogP contribution in [-0.2, 0) is 0 Å². The first kappa shape index (κ1) is 9.54. The lowest BCUT2D eigenvalue weighted by Gasteiger charge is -2.01. The minimum absolute atomic E-state index is 0.000191. The zero-order valence-electron chi connectivity index (χ0n) is 7.99. The smallest absolute Gasteiger partial charge is 0.0697 e. The summed E-state index contributed by atoms with van der Waals surface area (Å²) in [5.41, 5.74) is 2.26. The second-order valence-corrected chi connectivity index (χ2v) is 3.15. The van der Waals surface area contributed by atoms with Crippen molar-refractivity contribution in [3.05, 3.63) is 41.5 Å². The molecule has 1 aromatic rings. The van der Waals surface area contributed by atoms with Crippen LogP contribution in [0.15, 0.2) is 35.9 Å². The van der Waals surface area contributed by atoms with Crippen molar-refractivity contribution in [1.29, 1.82) is 5.26 Å². The lowest BCUT2D eigenvalue weighted by atomic mass is 10.0. The summed E-state index contributed by atoms with van der Waals surface area (Å²) in [6.07, 6.45) is 2.05. The molecule has 1 rings (SSSR count). The minimum Gasteiger partial charge on any atom is -0.198 e. The van der Waals surface area contributed by atoms with Crippen molar-refractivity contribution in [2.24, 2.45) is 5.92 Å². The maximum atomic E-state index is 8.69. The topological polar surface area (TPSA) is 23.8 Å². The van der Waals surface area contributed by atoms with Crippen molar-refractivity contribution in [1.82, 2.24) is 0 Å². The molecule has 0 aliphatic carbocycles. The molecule has 0 radical (unpaired) electrons. The summed E-state index contributed by atoms with van der Waals surface area (Å²) >= 11 is 0. The van der Waals surface area contributed by atoms with Crippen molar-refractivity contribution in [2.45, 2.75) is 13.8 Å². The highest BCUT2D eigenvalue weighted by molar-refractivity contribution is 5.53. The molecule has 0 saturated carbocycles. The molecule has 0 N–H and O–H groups in total. The Balaban J connectivity index is 2.84. The molecule has 1 aromatic carbocycles. The van der Waals surface area contributed by atoms with Crippen LogP contribution >= 0.6 is 0 Å². The minimum atomic E-state index is 0.000191. The van der Waals surface area contributed by atoms with E-state index in [1.165, 1.54) is 0 Å². The Morgan fingerprint density at radius 2 is 2.00 bits per heavy atom. The number of benzene rings is 1. The summed E-state index contributed by atoms with van der Waals surface area (Å²) in [7, 11) is 0. The van der Waals surface area contributed by atoms with Gasteiger partial charge in [-0.05, 0) is 19.4 Å². The van der Waals surface area contributed by atoms with E-state index in [9.17, 15) is 0 Å². The zero-order valence-corrected chi connectivity index (χ0v) is 7.99. The molecule has 0 heterocycles. The third kappa shape index (κ3) is 2.76. The summed E-state index contributed by atoms with van der Waals surface area (Å²) in [6, 6.07) is 12.3. The average molecular weight is 171 g/mol. The largest absolute Gasteiger partial charge is 0.198 e. The van der Waals surface area contributed by atoms with Gasteiger partial charge in [0.05, 0.1) is 12.0 Å². The third-order valence-corrected chi connectivity index (χ3v) is 2.07. The highest BCUT2D eigenvalue weighted by Gasteiger charge is 2.00. The van der Waals surface area contributed by atoms with E-state index in [1.54, 1.807) is 0 Å². The Kier molecular flexibility index (Phi) is 3.28. The van der Waals surface area contributed by atoms with E-state index >= 15 is 0 Å². The number of nitriles is 1. The van der Waals surface area contributed by atoms with Gasteiger partial charge in [0, 0.05) is 0 Å². The Morgan fingerprint density at radius 1 is 1.38 bits per heavy atom. The Morgan fingerprint density at radius 3 is 2.54 bits per heavy atom. The van der Waals surface area contributed by atoms with Crippen molar-refractivity contribution < 1.29 is 0 Å². The molecule has 0 amide bonds. The molecule has 0 spiro atoms. The van der Waals surface area contributed by atoms with Gasteiger partial charge in [0.15, 0.2) is 0 Å². The molecule has 66 valence electrons. The van der Waals surface area contributed by atoms with Crippen molar-refractivity contribution in [3.8, 4) is 6.07 Å². The maximum Gasteiger partial charge on any atom is 0.0697 e. The molecule has 1 atom stereocenters. The second-order valence-electron chi connectivity index (χ2n) is 3.15. The van der Waals surface area contributed by atoms with Crippen LogP contribution in [0.5, 0.6) is 0 Å². The van der Waals surface area contributed by atoms with E-state index in [0.717, 1.165) is 11.1 Å². The SMILES string of the molecule is C/C(=C\c1ccccc1)C(C)C#N. The summed E-state index contributed by atoms with van der Waals surface area (Å²) in [5, 5.41) is 8.69. The first-order valence-electron chi connectivity index (χ1n) is 4.37. The number of hydrogen-bond donors (Lipinski definition) is 0. The molecule has 0 aromatic heterocycles. The molecule has 0 bridgehead atoms. The summed E-state index contributed by atoms with van der Waals surface area (Å²) in [5.74, 6) is 0.000191. The van der Waals surface area contributed by atoms with Crippen LogP contribution in [0.3, 0.4) is 0 Å². The molecule has 0 aliphatic heterocycles. The number of nitrogens with zero attached hydrogens (tertiary/aromatic N) is 1. The fourth-order valence-corrected chi connectivity index (χ4v) is 1.04. The van der Waals surface area contributed by atoms with E-state index in [1.807, 2.05) is 50.3 Å². The van der Waals surface area contributed by atoms with Gasteiger partial charge in [-0.15, -0.1) is 0 Å². The summed E-state index contributed by atoms with van der Waals surface area (Å²) in [4.78, 5) is 0. The molecular weight excluding hydrogens is 158 g/mol. The Labute approximate surface area is 79.3 Å². The third-order valence-electron chi connectivity index (χ3n) is 2.07. The summed E-state index contributed by atoms with van der Waals surface area (Å²) < 4.78 is 0. The van der Waals surface area contributed by atoms with Crippen molar-refractivity contribution >= 4 is 6.08 Å². The maximum absolute atomic E-state index is 8.69. The van der Waals surface area contributed by atoms with Crippen LogP contribution in [-0.4, -0.2) is 0 Å². The van der Waals surface area contributed by atoms with Crippen molar-refractivity contribution in [2.75, 3.05) is 0 Å². The number of rotatable bonds is 2. The fraction of sp³-hybridized carbons (Fsp3) is 0.250. The van der Waals surface area contributed by atoms with Gasteiger partial charge in [-0.1, -0.05) is 42.0 Å². The molecule has 0 fully saturated rings. The normalized spacial score (nSPS) is 13.5. The van der Waals surface area contributed by atoms with Crippen LogP contribution in [0.4, 0.5) is 0 Å². The molecule has 0 aliphatic rings. The van der Waals surface area contributed by atoms with E-state index in [2.05, 4.69) is 6.07 Å². The van der Waals surface area contributed by atoms with Gasteiger partial charge in [0.25, 0.3) is 0 Å². The zero-order chi connectivity index (χ0) is 9.68. The second kappa shape index (κ2) is 4.47. The highest BCUT2D eigenvalue weighted by Crippen LogP contribution is 2.13. The first-order chi connectivity index (χ1) is 6.24. The Bertz CT molecular complexity index is 330. The predicted molar refractivity (Wildman–Crippen MR) is 54.9 cm³/mol. The van der Waals surface area contributed by atoms with Gasteiger partial charge in [-0.25, -0.2) is 0 Å². The summed E-state index contributed by atoms with van der Waals surface area (Å²) in [6.45, 7) is 3.90. The van der Waals surface area contributed by atoms with Crippen LogP contribution in [0.25, 0.3) is 6.08 Å². The first-order valence-corrected chi connectivity index (χ1v) is 4.37. The fourth-order valence-electron chi connectivity index (χ4n) is 1.04. The van der Waals surface area contributed by atoms with E-state index in [0.29, 0.717) is 0 Å². The van der Waals surface area contributed by atoms with Gasteiger partial charge in [-0.3, -0.25) is 0 Å². The lowest BCUT2D eigenvalue weighted by molar-refractivity contribution is 0.887. The van der Waals surface area contributed by atoms with Gasteiger partial charge in [0.2, 0.25) is 0 Å². The molecule has 1 unspecified atom stereocenters. The molecule has 1 nitrogen and oxygen atoms in total. The van der Waals surface area contributed by atoms with Gasteiger partial charge >= 0.3 is 0 Å². The average Bonchev–Trinajstić information content (AvgIpc) is 2.18. The molecule has 1 heteroatoms. The van der Waals surface area contributed by atoms with Gasteiger partial charge < -0.3 is 0 Å². The van der Waals surface area contributed by atoms with Crippen LogP contribution in [0.2, 0.25) is 0 Å². The van der Waals surface area contributed by atoms with Crippen LogP contribution < -0.4 is 0 Å². The van der Waals surface area contributed by atoms with E-state index < -0.39 is 0 Å². The highest BCUT2D eigenvalue weighted by atomic mass is 14.3. The van der Waals surface area contributed by atoms with E-state index in [-0.39, 0.29) is 5.92 Å². The molecule has 13 heavy (non-hydrogen) atoms. The standard InChI is InChI=1S/C12H13N/c1-10(11(2)9-13)8-12-6-4-3-5-7-12/h3-8,11H,1-2H3/b10-8+. The van der Waals surface area contributed by atoms with Gasteiger partial charge in [-0.2, -0.15) is 5.26 Å². The lowest BCUT2D eigenvalue weighted by Crippen LogP contribution is -1.90. The monoisotopic (exact) mass is 171 g/mol. The molecule has 0 saturated heterocycles. The number of allylic oxidation sites excluding steroid dienone is 1. The quantitative estimate of drug-likeness (QED) is 0.670. The van der Waals surface area contributed by atoms with Crippen LogP contribution in [0, 0.1) is 17.2 Å². The van der Waals surface area contributed by atoms with Crippen LogP contribution in [0.1, 0.15) is 19.4 Å². The predicted octanol–water partition coefficient (Wildman–Crippen LogP) is 3.25. The van der Waals surface area contributed by atoms with E-state index in [4.69, 9.17) is 5.26 Å². The Hall–Kier alpha value is -1.55. The molecular formula is C12H13N.